The van der Waals surface area contributed by atoms with Crippen molar-refractivity contribution in [2.45, 2.75) is 33.1 Å². The van der Waals surface area contributed by atoms with Crippen LogP contribution in [0, 0.1) is 0 Å². The Labute approximate surface area is 85.6 Å². The zero-order valence-electron chi connectivity index (χ0n) is 8.86. The standard InChI is InChI=1S/C10H14O.C2H4O/c1-2-3-6-9-7-4-5-8-10(9)11;1-2-3/h4-5,7-8,11H,2-3,6H2,1H3;2H,1H3. The lowest BCUT2D eigenvalue weighted by Crippen LogP contribution is -1.83. The van der Waals surface area contributed by atoms with Gasteiger partial charge in [-0.3, -0.25) is 0 Å². The zero-order chi connectivity index (χ0) is 10.8. The van der Waals surface area contributed by atoms with Crippen LogP contribution in [-0.4, -0.2) is 11.4 Å². The monoisotopic (exact) mass is 194 g/mol. The fourth-order valence-corrected chi connectivity index (χ4v) is 1.09. The number of carbonyl (C=O) groups is 1. The molecule has 2 heteroatoms. The molecule has 0 saturated carbocycles. The lowest BCUT2D eigenvalue weighted by atomic mass is 10.1. The molecule has 1 aromatic carbocycles. The normalized spacial score (nSPS) is 8.71. The van der Waals surface area contributed by atoms with Crippen LogP contribution in [0.25, 0.3) is 0 Å². The molecule has 14 heavy (non-hydrogen) atoms. The fourth-order valence-electron chi connectivity index (χ4n) is 1.09. The summed E-state index contributed by atoms with van der Waals surface area (Å²) in [6, 6.07) is 7.53. The Kier molecular flexibility index (Phi) is 7.52. The van der Waals surface area contributed by atoms with Crippen molar-refractivity contribution in [1.82, 2.24) is 0 Å². The maximum atomic E-state index is 9.34. The van der Waals surface area contributed by atoms with Gasteiger partial charge >= 0.3 is 0 Å². The number of benzene rings is 1. The highest BCUT2D eigenvalue weighted by Gasteiger charge is 1.96. The van der Waals surface area contributed by atoms with Crippen LogP contribution in [0.2, 0.25) is 0 Å². The lowest BCUT2D eigenvalue weighted by molar-refractivity contribution is -0.106. The Bertz CT molecular complexity index is 256. The first kappa shape index (κ1) is 12.7. The van der Waals surface area contributed by atoms with Crippen molar-refractivity contribution >= 4 is 6.29 Å². The van der Waals surface area contributed by atoms with Gasteiger partial charge in [0, 0.05) is 0 Å². The first-order chi connectivity index (χ1) is 6.76. The van der Waals surface area contributed by atoms with Gasteiger partial charge in [-0.15, -0.1) is 0 Å². The average Bonchev–Trinajstić information content (AvgIpc) is 2.18. The highest BCUT2D eigenvalue weighted by atomic mass is 16.3. The average molecular weight is 194 g/mol. The molecule has 2 nitrogen and oxygen atoms in total. The number of hydrogen-bond acceptors (Lipinski definition) is 2. The SMILES string of the molecule is CC=O.CCCCc1ccccc1O. The molecule has 78 valence electrons. The molecule has 0 bridgehead atoms. The Morgan fingerprint density at radius 3 is 2.43 bits per heavy atom. The summed E-state index contributed by atoms with van der Waals surface area (Å²) in [6.07, 6.45) is 4.06. The number of para-hydroxylation sites is 1. The summed E-state index contributed by atoms with van der Waals surface area (Å²) in [5.74, 6) is 0.431. The van der Waals surface area contributed by atoms with Gasteiger partial charge in [-0.25, -0.2) is 0 Å². The molecule has 1 rings (SSSR count). The van der Waals surface area contributed by atoms with Crippen molar-refractivity contribution in [3.63, 3.8) is 0 Å². The molecule has 0 amide bonds. The minimum atomic E-state index is 0.431. The van der Waals surface area contributed by atoms with E-state index in [2.05, 4.69) is 6.92 Å². The van der Waals surface area contributed by atoms with Crippen LogP contribution in [-0.2, 0) is 11.2 Å². The maximum Gasteiger partial charge on any atom is 0.118 e. The quantitative estimate of drug-likeness (QED) is 0.751. The summed E-state index contributed by atoms with van der Waals surface area (Å²) in [4.78, 5) is 8.81. The topological polar surface area (TPSA) is 37.3 Å². The first-order valence-corrected chi connectivity index (χ1v) is 4.92. The van der Waals surface area contributed by atoms with Gasteiger partial charge in [-0.1, -0.05) is 31.5 Å². The number of rotatable bonds is 3. The van der Waals surface area contributed by atoms with E-state index >= 15 is 0 Å². The van der Waals surface area contributed by atoms with Gasteiger partial charge in [-0.05, 0) is 31.4 Å². The lowest BCUT2D eigenvalue weighted by Gasteiger charge is -2.01. The van der Waals surface area contributed by atoms with E-state index in [4.69, 9.17) is 4.79 Å². The fraction of sp³-hybridized carbons (Fsp3) is 0.417. The number of carbonyl (C=O) groups excluding carboxylic acids is 1. The molecule has 0 aliphatic heterocycles. The number of hydrogen-bond donors (Lipinski definition) is 1. The van der Waals surface area contributed by atoms with Crippen LogP contribution in [0.1, 0.15) is 32.3 Å². The molecule has 0 aromatic heterocycles. The van der Waals surface area contributed by atoms with E-state index in [1.807, 2.05) is 18.2 Å². The predicted molar refractivity (Wildman–Crippen MR) is 58.5 cm³/mol. The molecule has 0 aliphatic carbocycles. The first-order valence-electron chi connectivity index (χ1n) is 4.92. The number of aldehydes is 1. The van der Waals surface area contributed by atoms with Gasteiger partial charge in [-0.2, -0.15) is 0 Å². The summed E-state index contributed by atoms with van der Waals surface area (Å²) in [5, 5.41) is 9.34. The van der Waals surface area contributed by atoms with Crippen molar-refractivity contribution in [2.24, 2.45) is 0 Å². The van der Waals surface area contributed by atoms with E-state index < -0.39 is 0 Å². The minimum Gasteiger partial charge on any atom is -0.508 e. The molecule has 0 radical (unpaired) electrons. The van der Waals surface area contributed by atoms with Gasteiger partial charge in [0.05, 0.1) is 0 Å². The van der Waals surface area contributed by atoms with Gasteiger partial charge in [0.25, 0.3) is 0 Å². The van der Waals surface area contributed by atoms with Crippen molar-refractivity contribution < 1.29 is 9.90 Å². The smallest absolute Gasteiger partial charge is 0.118 e. The Balaban J connectivity index is 0.000000500. The molecule has 0 heterocycles. The summed E-state index contributed by atoms with van der Waals surface area (Å²) in [5.41, 5.74) is 1.06. The second kappa shape index (κ2) is 8.30. The van der Waals surface area contributed by atoms with E-state index in [0.717, 1.165) is 24.7 Å². The molecule has 0 aliphatic rings. The highest BCUT2D eigenvalue weighted by molar-refractivity contribution is 5.44. The Morgan fingerprint density at radius 2 is 1.93 bits per heavy atom. The molecule has 1 aromatic rings. The molecule has 0 unspecified atom stereocenters. The van der Waals surface area contributed by atoms with Crippen LogP contribution < -0.4 is 0 Å². The Morgan fingerprint density at radius 1 is 1.36 bits per heavy atom. The van der Waals surface area contributed by atoms with Crippen molar-refractivity contribution in [1.29, 1.82) is 0 Å². The van der Waals surface area contributed by atoms with E-state index in [-0.39, 0.29) is 0 Å². The number of unbranched alkanes of at least 4 members (excludes halogenated alkanes) is 1. The number of aryl methyl sites for hydroxylation is 1. The van der Waals surface area contributed by atoms with Crippen LogP contribution in [0.4, 0.5) is 0 Å². The third-order valence-corrected chi connectivity index (χ3v) is 1.79. The maximum absolute atomic E-state index is 9.34. The van der Waals surface area contributed by atoms with E-state index in [1.165, 1.54) is 13.3 Å². The van der Waals surface area contributed by atoms with Crippen LogP contribution in [0.15, 0.2) is 24.3 Å². The highest BCUT2D eigenvalue weighted by Crippen LogP contribution is 2.17. The molecule has 0 atom stereocenters. The second-order valence-corrected chi connectivity index (χ2v) is 2.97. The summed E-state index contributed by atoms with van der Waals surface area (Å²) in [6.45, 7) is 3.60. The van der Waals surface area contributed by atoms with Crippen LogP contribution in [0.3, 0.4) is 0 Å². The summed E-state index contributed by atoms with van der Waals surface area (Å²) < 4.78 is 0. The summed E-state index contributed by atoms with van der Waals surface area (Å²) in [7, 11) is 0. The van der Waals surface area contributed by atoms with Crippen molar-refractivity contribution in [3.05, 3.63) is 29.8 Å². The number of phenols is 1. The zero-order valence-corrected chi connectivity index (χ0v) is 8.86. The van der Waals surface area contributed by atoms with Crippen LogP contribution in [0.5, 0.6) is 5.75 Å². The third kappa shape index (κ3) is 5.36. The second-order valence-electron chi connectivity index (χ2n) is 2.97. The van der Waals surface area contributed by atoms with Gasteiger partial charge in [0.2, 0.25) is 0 Å². The van der Waals surface area contributed by atoms with E-state index in [1.54, 1.807) is 6.07 Å². The molecule has 0 fully saturated rings. The largest absolute Gasteiger partial charge is 0.508 e. The van der Waals surface area contributed by atoms with E-state index in [0.29, 0.717) is 5.75 Å². The minimum absolute atomic E-state index is 0.431. The van der Waals surface area contributed by atoms with Gasteiger partial charge < -0.3 is 9.90 Å². The molecular formula is C12H18O2. The molecule has 0 spiro atoms. The summed E-state index contributed by atoms with van der Waals surface area (Å²) >= 11 is 0. The van der Waals surface area contributed by atoms with Crippen molar-refractivity contribution in [2.75, 3.05) is 0 Å². The molecule has 0 saturated heterocycles. The van der Waals surface area contributed by atoms with Gasteiger partial charge in [0.15, 0.2) is 0 Å². The predicted octanol–water partition coefficient (Wildman–Crippen LogP) is 2.94. The third-order valence-electron chi connectivity index (χ3n) is 1.79. The Hall–Kier alpha value is -1.31. The van der Waals surface area contributed by atoms with Crippen molar-refractivity contribution in [3.8, 4) is 5.75 Å². The van der Waals surface area contributed by atoms with Gasteiger partial charge in [0.1, 0.15) is 12.0 Å². The van der Waals surface area contributed by atoms with E-state index in [9.17, 15) is 5.11 Å². The van der Waals surface area contributed by atoms with Crippen LogP contribution >= 0.6 is 0 Å². The molecule has 1 N–H and O–H groups in total. The molecular weight excluding hydrogens is 176 g/mol. The number of aromatic hydroxyl groups is 1. The number of phenolic OH excluding ortho intramolecular Hbond substituents is 1.